The van der Waals surface area contributed by atoms with Gasteiger partial charge >= 0.3 is 5.97 Å². The molecule has 0 amide bonds. The number of hydrazine groups is 1. The van der Waals surface area contributed by atoms with Gasteiger partial charge < -0.3 is 16.3 Å². The summed E-state index contributed by atoms with van der Waals surface area (Å²) in [4.78, 5) is 10.8. The molecule has 2 aromatic rings. The molecule has 0 saturated heterocycles. The Labute approximate surface area is 146 Å². The van der Waals surface area contributed by atoms with Gasteiger partial charge in [-0.25, -0.2) is 10.6 Å². The number of rotatable bonds is 6. The fourth-order valence-corrected chi connectivity index (χ4v) is 2.98. The Morgan fingerprint density at radius 2 is 1.61 bits per heavy atom. The summed E-state index contributed by atoms with van der Waals surface area (Å²) in [5.74, 6) is 4.68. The summed E-state index contributed by atoms with van der Waals surface area (Å²) >= 11 is 4.66. The third-order valence-corrected chi connectivity index (χ3v) is 4.75. The first-order chi connectivity index (χ1) is 11.0. The SMILES string of the molecule is NN/C(SCc1ccc(-c2ccc(Br)cc2)cc1)=C(\N)C(=O)O. The molecule has 0 atom stereocenters. The van der Waals surface area contributed by atoms with Crippen LogP contribution >= 0.6 is 27.7 Å². The van der Waals surface area contributed by atoms with E-state index in [1.807, 2.05) is 48.5 Å². The zero-order valence-corrected chi connectivity index (χ0v) is 14.5. The number of nitrogens with one attached hydrogen (secondary N) is 1. The van der Waals surface area contributed by atoms with Gasteiger partial charge in [-0.2, -0.15) is 0 Å². The highest BCUT2D eigenvalue weighted by atomic mass is 79.9. The smallest absolute Gasteiger partial charge is 0.354 e. The molecule has 0 aliphatic carbocycles. The van der Waals surface area contributed by atoms with Gasteiger partial charge in [-0.05, 0) is 28.8 Å². The number of hydrogen-bond donors (Lipinski definition) is 4. The highest BCUT2D eigenvalue weighted by Gasteiger charge is 2.10. The minimum Gasteiger partial charge on any atom is -0.477 e. The van der Waals surface area contributed by atoms with Crippen molar-refractivity contribution in [1.82, 2.24) is 5.43 Å². The van der Waals surface area contributed by atoms with Crippen LogP contribution in [0.25, 0.3) is 11.1 Å². The Bertz CT molecular complexity index is 715. The second-order valence-electron chi connectivity index (χ2n) is 4.68. The quantitative estimate of drug-likeness (QED) is 0.341. The largest absolute Gasteiger partial charge is 0.477 e. The Hall–Kier alpha value is -1.96. The summed E-state index contributed by atoms with van der Waals surface area (Å²) in [7, 11) is 0. The van der Waals surface area contributed by atoms with E-state index in [0.717, 1.165) is 21.2 Å². The first-order valence-electron chi connectivity index (χ1n) is 6.68. The van der Waals surface area contributed by atoms with Crippen molar-refractivity contribution in [3.63, 3.8) is 0 Å². The van der Waals surface area contributed by atoms with Gasteiger partial charge in [0.1, 0.15) is 10.7 Å². The molecule has 120 valence electrons. The van der Waals surface area contributed by atoms with Crippen LogP contribution in [0.5, 0.6) is 0 Å². The van der Waals surface area contributed by atoms with Crippen molar-refractivity contribution in [2.45, 2.75) is 5.75 Å². The van der Waals surface area contributed by atoms with E-state index in [9.17, 15) is 4.79 Å². The van der Waals surface area contributed by atoms with Gasteiger partial charge in [0.05, 0.1) is 0 Å². The summed E-state index contributed by atoms with van der Waals surface area (Å²) in [5, 5.41) is 9.11. The molecule has 0 aliphatic rings. The van der Waals surface area contributed by atoms with Crippen LogP contribution in [0, 0.1) is 0 Å². The molecule has 2 aromatic carbocycles. The number of aliphatic carboxylic acids is 1. The second-order valence-corrected chi connectivity index (χ2v) is 6.59. The lowest BCUT2D eigenvalue weighted by Gasteiger charge is -2.09. The van der Waals surface area contributed by atoms with E-state index in [2.05, 4.69) is 21.4 Å². The van der Waals surface area contributed by atoms with E-state index >= 15 is 0 Å². The normalized spacial score (nSPS) is 11.7. The molecule has 0 spiro atoms. The molecular weight excluding hydrogens is 378 g/mol. The van der Waals surface area contributed by atoms with Crippen LogP contribution in [-0.2, 0) is 10.5 Å². The highest BCUT2D eigenvalue weighted by molar-refractivity contribution is 9.10. The van der Waals surface area contributed by atoms with Gasteiger partial charge in [0.25, 0.3) is 0 Å². The van der Waals surface area contributed by atoms with Crippen molar-refractivity contribution in [3.8, 4) is 11.1 Å². The number of carboxylic acid groups (broad SMARTS) is 1. The van der Waals surface area contributed by atoms with Crippen LogP contribution in [0.15, 0.2) is 63.7 Å². The molecule has 0 aliphatic heterocycles. The average molecular weight is 394 g/mol. The van der Waals surface area contributed by atoms with Gasteiger partial charge in [0.2, 0.25) is 0 Å². The standard InChI is InChI=1S/C16H16BrN3O2S/c17-13-7-5-12(6-8-13)11-3-1-10(2-4-11)9-23-15(20-19)14(18)16(21)22/h1-8,20H,9,18-19H2,(H,21,22)/b15-14+. The van der Waals surface area contributed by atoms with Gasteiger partial charge in [-0.3, -0.25) is 0 Å². The van der Waals surface area contributed by atoms with Gasteiger partial charge in [0, 0.05) is 10.2 Å². The van der Waals surface area contributed by atoms with Crippen LogP contribution in [-0.4, -0.2) is 11.1 Å². The molecule has 0 bridgehead atoms. The lowest BCUT2D eigenvalue weighted by atomic mass is 10.0. The first kappa shape index (κ1) is 17.4. The maximum Gasteiger partial charge on any atom is 0.354 e. The lowest BCUT2D eigenvalue weighted by molar-refractivity contribution is -0.132. The predicted molar refractivity (Wildman–Crippen MR) is 97.0 cm³/mol. The minimum atomic E-state index is -1.20. The summed E-state index contributed by atoms with van der Waals surface area (Å²) in [6.07, 6.45) is 0. The molecule has 0 fully saturated rings. The monoisotopic (exact) mass is 393 g/mol. The number of hydrogen-bond acceptors (Lipinski definition) is 5. The zero-order valence-electron chi connectivity index (χ0n) is 12.1. The fraction of sp³-hybridized carbons (Fsp3) is 0.0625. The third-order valence-electron chi connectivity index (χ3n) is 3.12. The van der Waals surface area contributed by atoms with Crippen LogP contribution in [0.2, 0.25) is 0 Å². The molecule has 0 heterocycles. The number of carbonyl (C=O) groups is 1. The summed E-state index contributed by atoms with van der Waals surface area (Å²) in [5.41, 5.74) is 10.8. The van der Waals surface area contributed by atoms with E-state index in [1.165, 1.54) is 11.8 Å². The van der Waals surface area contributed by atoms with E-state index in [4.69, 9.17) is 16.7 Å². The van der Waals surface area contributed by atoms with Crippen LogP contribution in [0.4, 0.5) is 0 Å². The van der Waals surface area contributed by atoms with Crippen LogP contribution < -0.4 is 17.0 Å². The van der Waals surface area contributed by atoms with E-state index in [1.54, 1.807) is 0 Å². The summed E-state index contributed by atoms with van der Waals surface area (Å²) < 4.78 is 1.04. The van der Waals surface area contributed by atoms with E-state index < -0.39 is 5.97 Å². The van der Waals surface area contributed by atoms with E-state index in [-0.39, 0.29) is 10.7 Å². The number of benzene rings is 2. The summed E-state index contributed by atoms with van der Waals surface area (Å²) in [6, 6.07) is 16.1. The molecule has 0 saturated carbocycles. The number of thioether (sulfide) groups is 1. The van der Waals surface area contributed by atoms with Gasteiger partial charge in [-0.1, -0.05) is 52.3 Å². The van der Waals surface area contributed by atoms with Crippen molar-refractivity contribution >= 4 is 33.7 Å². The van der Waals surface area contributed by atoms with Gasteiger partial charge in [0.15, 0.2) is 0 Å². The van der Waals surface area contributed by atoms with Crippen molar-refractivity contribution in [3.05, 3.63) is 69.3 Å². The van der Waals surface area contributed by atoms with Crippen molar-refractivity contribution < 1.29 is 9.90 Å². The predicted octanol–water partition coefficient (Wildman–Crippen LogP) is 3.03. The van der Waals surface area contributed by atoms with E-state index in [0.29, 0.717) is 5.75 Å². The molecule has 0 unspecified atom stereocenters. The minimum absolute atomic E-state index is 0.245. The van der Waals surface area contributed by atoms with Gasteiger partial charge in [-0.15, -0.1) is 11.8 Å². The Morgan fingerprint density at radius 3 is 2.09 bits per heavy atom. The zero-order chi connectivity index (χ0) is 16.8. The molecule has 0 radical (unpaired) electrons. The maximum atomic E-state index is 10.8. The van der Waals surface area contributed by atoms with Crippen molar-refractivity contribution in [2.24, 2.45) is 11.6 Å². The summed E-state index contributed by atoms with van der Waals surface area (Å²) in [6.45, 7) is 0. The van der Waals surface area contributed by atoms with Crippen molar-refractivity contribution in [2.75, 3.05) is 0 Å². The van der Waals surface area contributed by atoms with Crippen LogP contribution in [0.3, 0.4) is 0 Å². The number of halogens is 1. The third kappa shape index (κ3) is 4.75. The Kier molecular flexibility index (Phi) is 6.09. The molecular formula is C16H16BrN3O2S. The molecule has 23 heavy (non-hydrogen) atoms. The topological polar surface area (TPSA) is 101 Å². The number of carboxylic acids is 1. The number of nitrogens with two attached hydrogens (primary N) is 2. The molecule has 0 aromatic heterocycles. The first-order valence-corrected chi connectivity index (χ1v) is 8.46. The highest BCUT2D eigenvalue weighted by Crippen LogP contribution is 2.25. The second kappa shape index (κ2) is 8.05. The molecule has 5 nitrogen and oxygen atoms in total. The lowest BCUT2D eigenvalue weighted by Crippen LogP contribution is -2.26. The molecule has 7 heteroatoms. The fourth-order valence-electron chi connectivity index (χ4n) is 1.89. The van der Waals surface area contributed by atoms with Crippen LogP contribution in [0.1, 0.15) is 5.56 Å². The van der Waals surface area contributed by atoms with Crippen molar-refractivity contribution in [1.29, 1.82) is 0 Å². The molecule has 6 N–H and O–H groups in total. The maximum absolute atomic E-state index is 10.8. The Balaban J connectivity index is 2.07. The Morgan fingerprint density at radius 1 is 1.09 bits per heavy atom. The average Bonchev–Trinajstić information content (AvgIpc) is 2.56. The molecule has 2 rings (SSSR count).